The fourth-order valence-electron chi connectivity index (χ4n) is 3.19. The van der Waals surface area contributed by atoms with E-state index in [1.807, 2.05) is 0 Å². The Kier molecular flexibility index (Phi) is 6.12. The molecule has 3 heterocycles. The fourth-order valence-corrected chi connectivity index (χ4v) is 4.59. The summed E-state index contributed by atoms with van der Waals surface area (Å²) in [6, 6.07) is 6.47. The lowest BCUT2D eigenvalue weighted by Crippen LogP contribution is -2.40. The Hall–Kier alpha value is -3.42. The van der Waals surface area contributed by atoms with Crippen LogP contribution >= 0.6 is 0 Å². The molecule has 0 saturated carbocycles. The summed E-state index contributed by atoms with van der Waals surface area (Å²) in [5, 5.41) is 9.27. The van der Waals surface area contributed by atoms with Crippen LogP contribution in [0.5, 0.6) is 11.5 Å². The number of ether oxygens (including phenoxy) is 3. The van der Waals surface area contributed by atoms with Gasteiger partial charge < -0.3 is 19.2 Å². The number of aromatic amines is 2. The summed E-state index contributed by atoms with van der Waals surface area (Å²) >= 11 is 0. The maximum Gasteiger partial charge on any atom is 0.274 e. The second kappa shape index (κ2) is 8.98. The number of hydrogen-bond donors (Lipinski definition) is 3. The molecule has 1 aromatic carbocycles. The average Bonchev–Trinajstić information content (AvgIpc) is 3.50. The minimum absolute atomic E-state index is 0.00296. The summed E-state index contributed by atoms with van der Waals surface area (Å²) in [7, 11) is -0.643. The molecule has 0 atom stereocenters. The first-order valence-corrected chi connectivity index (χ1v) is 11.1. The van der Waals surface area contributed by atoms with Crippen LogP contribution in [0.1, 0.15) is 10.5 Å². The molecule has 1 saturated heterocycles. The summed E-state index contributed by atoms with van der Waals surface area (Å²) in [6.45, 7) is 1.21. The van der Waals surface area contributed by atoms with Crippen molar-refractivity contribution in [1.82, 2.24) is 24.5 Å². The van der Waals surface area contributed by atoms with Crippen LogP contribution in [0, 0.1) is 0 Å². The number of carbonyl (C=O) groups excluding carboxylic acids is 1. The summed E-state index contributed by atoms with van der Waals surface area (Å²) in [5.74, 6) is 0.950. The van der Waals surface area contributed by atoms with Crippen molar-refractivity contribution in [3.63, 3.8) is 0 Å². The van der Waals surface area contributed by atoms with E-state index in [2.05, 4.69) is 25.5 Å². The largest absolute Gasteiger partial charge is 0.497 e. The van der Waals surface area contributed by atoms with E-state index in [4.69, 9.17) is 14.2 Å². The van der Waals surface area contributed by atoms with Crippen LogP contribution in [0.2, 0.25) is 0 Å². The number of nitrogens with one attached hydrogen (secondary N) is 3. The van der Waals surface area contributed by atoms with E-state index in [1.165, 1.54) is 23.7 Å². The van der Waals surface area contributed by atoms with E-state index >= 15 is 0 Å². The van der Waals surface area contributed by atoms with E-state index in [0.717, 1.165) is 0 Å². The number of amides is 1. The van der Waals surface area contributed by atoms with Crippen LogP contribution in [0.15, 0.2) is 35.4 Å². The zero-order valence-corrected chi connectivity index (χ0v) is 18.2. The molecule has 1 aliphatic rings. The molecule has 1 aliphatic heterocycles. The number of H-pyrrole nitrogens is 2. The molecule has 1 fully saturated rings. The van der Waals surface area contributed by atoms with Gasteiger partial charge in [0, 0.05) is 25.4 Å². The lowest BCUT2D eigenvalue weighted by molar-refractivity contribution is 0.0730. The smallest absolute Gasteiger partial charge is 0.274 e. The van der Waals surface area contributed by atoms with Gasteiger partial charge in [0.15, 0.2) is 5.82 Å². The second-order valence-corrected chi connectivity index (χ2v) is 8.73. The van der Waals surface area contributed by atoms with Crippen LogP contribution in [-0.4, -0.2) is 79.3 Å². The first-order valence-electron chi connectivity index (χ1n) is 9.65. The zero-order valence-electron chi connectivity index (χ0n) is 17.4. The van der Waals surface area contributed by atoms with E-state index < -0.39 is 15.9 Å². The molecule has 12 nitrogen and oxygen atoms in total. The number of aromatic nitrogens is 4. The topological polar surface area (TPSA) is 152 Å². The maximum absolute atomic E-state index is 12.7. The van der Waals surface area contributed by atoms with Gasteiger partial charge in [0.05, 0.1) is 33.0 Å². The van der Waals surface area contributed by atoms with Crippen molar-refractivity contribution in [3.8, 4) is 22.9 Å². The Morgan fingerprint density at radius 1 is 1.19 bits per heavy atom. The lowest BCUT2D eigenvalue weighted by Gasteiger charge is -2.25. The molecule has 170 valence electrons. The van der Waals surface area contributed by atoms with Crippen LogP contribution in [0.4, 0.5) is 5.95 Å². The van der Waals surface area contributed by atoms with Crippen molar-refractivity contribution in [2.45, 2.75) is 4.90 Å². The van der Waals surface area contributed by atoms with E-state index in [1.54, 1.807) is 25.3 Å². The number of carbonyl (C=O) groups is 1. The van der Waals surface area contributed by atoms with E-state index in [0.29, 0.717) is 36.1 Å². The number of hydrogen-bond acceptors (Lipinski definition) is 8. The molecule has 0 unspecified atom stereocenters. The lowest BCUT2D eigenvalue weighted by atomic mass is 10.2. The Morgan fingerprint density at radius 2 is 1.97 bits per heavy atom. The quantitative estimate of drug-likeness (QED) is 0.472. The first-order chi connectivity index (χ1) is 15.4. The summed E-state index contributed by atoms with van der Waals surface area (Å²) in [4.78, 5) is 19.5. The van der Waals surface area contributed by atoms with Gasteiger partial charge in [0.25, 0.3) is 5.91 Å². The Bertz CT molecular complexity index is 1210. The van der Waals surface area contributed by atoms with Crippen molar-refractivity contribution in [2.75, 3.05) is 45.8 Å². The number of anilines is 1. The van der Waals surface area contributed by atoms with Crippen molar-refractivity contribution >= 4 is 21.9 Å². The molecule has 32 heavy (non-hydrogen) atoms. The second-order valence-electron chi connectivity index (χ2n) is 6.79. The number of rotatable bonds is 7. The highest BCUT2D eigenvalue weighted by molar-refractivity contribution is 7.89. The fraction of sp³-hybridized carbons (Fsp3) is 0.316. The highest BCUT2D eigenvalue weighted by Gasteiger charge is 2.28. The number of methoxy groups -OCH3 is 2. The standard InChI is InChI=1S/C19H22N6O6S/c1-29-12-3-4-14(16(9-12)30-2)17-21-19(24-23-17)22-18(26)15-10-13(11-20-15)32(27,28)25-5-7-31-8-6-25/h3-4,9-11,20H,5-8H2,1-2H3,(H2,21,22,23,24,26). The predicted octanol–water partition coefficient (Wildman–Crippen LogP) is 1.09. The summed E-state index contributed by atoms with van der Waals surface area (Å²) in [5.41, 5.74) is 0.685. The average molecular weight is 462 g/mol. The number of morpholine rings is 1. The van der Waals surface area contributed by atoms with E-state index in [-0.39, 0.29) is 29.6 Å². The SMILES string of the molecule is COc1ccc(-c2nc(NC(=O)c3cc(S(=O)(=O)N4CCOCC4)c[nH]3)n[nH]2)c(OC)c1. The number of sulfonamides is 1. The maximum atomic E-state index is 12.7. The Morgan fingerprint density at radius 3 is 2.69 bits per heavy atom. The Labute approximate surface area is 183 Å². The minimum atomic E-state index is -3.71. The number of benzene rings is 1. The highest BCUT2D eigenvalue weighted by Crippen LogP contribution is 2.31. The van der Waals surface area contributed by atoms with Crippen LogP contribution in [-0.2, 0) is 14.8 Å². The van der Waals surface area contributed by atoms with Crippen molar-refractivity contribution in [3.05, 3.63) is 36.2 Å². The zero-order chi connectivity index (χ0) is 22.7. The van der Waals surface area contributed by atoms with Crippen LogP contribution in [0.25, 0.3) is 11.4 Å². The molecule has 0 bridgehead atoms. The van der Waals surface area contributed by atoms with E-state index in [9.17, 15) is 13.2 Å². The molecule has 0 spiro atoms. The molecule has 3 N–H and O–H groups in total. The molecule has 1 amide bonds. The highest BCUT2D eigenvalue weighted by atomic mass is 32.2. The monoisotopic (exact) mass is 462 g/mol. The van der Waals surface area contributed by atoms with Gasteiger partial charge in [-0.2, -0.15) is 9.29 Å². The Balaban J connectivity index is 1.49. The summed E-state index contributed by atoms with van der Waals surface area (Å²) in [6.07, 6.45) is 1.28. The third-order valence-corrected chi connectivity index (χ3v) is 6.76. The normalized spacial score (nSPS) is 14.8. The van der Waals surface area contributed by atoms with Crippen molar-refractivity contribution in [1.29, 1.82) is 0 Å². The third kappa shape index (κ3) is 4.30. The molecule has 0 radical (unpaired) electrons. The van der Waals surface area contributed by atoms with Crippen molar-refractivity contribution in [2.24, 2.45) is 0 Å². The molecule has 13 heteroatoms. The predicted molar refractivity (Wildman–Crippen MR) is 113 cm³/mol. The molecular weight excluding hydrogens is 440 g/mol. The molecule has 4 rings (SSSR count). The van der Waals surface area contributed by atoms with Gasteiger partial charge in [0.1, 0.15) is 22.1 Å². The van der Waals surface area contributed by atoms with Crippen LogP contribution < -0.4 is 14.8 Å². The van der Waals surface area contributed by atoms with Gasteiger partial charge in [-0.1, -0.05) is 0 Å². The van der Waals surface area contributed by atoms with Gasteiger partial charge in [-0.05, 0) is 18.2 Å². The van der Waals surface area contributed by atoms with Gasteiger partial charge in [-0.15, -0.1) is 5.10 Å². The third-order valence-electron chi connectivity index (χ3n) is 4.88. The number of nitrogens with zero attached hydrogens (tertiary/aromatic N) is 3. The molecule has 3 aromatic rings. The minimum Gasteiger partial charge on any atom is -0.497 e. The van der Waals surface area contributed by atoms with Crippen LogP contribution in [0.3, 0.4) is 0 Å². The van der Waals surface area contributed by atoms with Gasteiger partial charge in [0.2, 0.25) is 16.0 Å². The molecule has 2 aromatic heterocycles. The van der Waals surface area contributed by atoms with Gasteiger partial charge >= 0.3 is 0 Å². The molecular formula is C19H22N6O6S. The van der Waals surface area contributed by atoms with Gasteiger partial charge in [-0.3, -0.25) is 15.2 Å². The first kappa shape index (κ1) is 21.8. The van der Waals surface area contributed by atoms with Gasteiger partial charge in [-0.25, -0.2) is 8.42 Å². The van der Waals surface area contributed by atoms with Crippen molar-refractivity contribution < 1.29 is 27.4 Å². The summed E-state index contributed by atoms with van der Waals surface area (Å²) < 4.78 is 42.5. The molecule has 0 aliphatic carbocycles.